The normalized spacial score (nSPS) is 12.1. The van der Waals surface area contributed by atoms with Crippen LogP contribution in [0, 0.1) is 6.92 Å². The molecular weight excluding hydrogens is 212 g/mol. The average Bonchev–Trinajstić information content (AvgIpc) is 2.73. The van der Waals surface area contributed by atoms with Gasteiger partial charge in [-0.15, -0.1) is 6.58 Å². The topological polar surface area (TPSA) is 34.9 Å². The Labute approximate surface area is 100 Å². The number of hydrogen-bond acceptors (Lipinski definition) is 2. The fraction of sp³-hybridized carbons (Fsp3) is 0.143. The number of carbonyl (C=O) groups excluding carboxylic acids is 1. The smallest absolute Gasteiger partial charge is 0.153 e. The van der Waals surface area contributed by atoms with Crippen LogP contribution in [0.5, 0.6) is 0 Å². The first-order valence-electron chi connectivity index (χ1n) is 5.44. The second-order valence-electron chi connectivity index (χ2n) is 3.86. The summed E-state index contributed by atoms with van der Waals surface area (Å²) in [5, 5.41) is 4.34. The van der Waals surface area contributed by atoms with Gasteiger partial charge in [-0.3, -0.25) is 9.48 Å². The Balaban J connectivity index is 2.42. The molecule has 2 rings (SSSR count). The molecule has 1 aromatic heterocycles. The van der Waals surface area contributed by atoms with Gasteiger partial charge in [0.1, 0.15) is 0 Å². The molecule has 1 aromatic carbocycles. The van der Waals surface area contributed by atoms with Crippen LogP contribution in [0.1, 0.15) is 27.7 Å². The SMILES string of the molecule is C=C[C@H](c1ccccc1)n1cc(C=O)c(C)n1. The number of benzene rings is 1. The first kappa shape index (κ1) is 11.3. The van der Waals surface area contributed by atoms with Gasteiger partial charge in [-0.05, 0) is 12.5 Å². The van der Waals surface area contributed by atoms with Gasteiger partial charge in [0.05, 0.1) is 17.3 Å². The standard InChI is InChI=1S/C14H14N2O/c1-3-14(12-7-5-4-6-8-12)16-9-13(10-17)11(2)15-16/h3-10,14H,1H2,2H3/t14-/m1/s1. The van der Waals surface area contributed by atoms with Gasteiger partial charge in [-0.25, -0.2) is 0 Å². The van der Waals surface area contributed by atoms with Gasteiger partial charge in [0.2, 0.25) is 0 Å². The van der Waals surface area contributed by atoms with Gasteiger partial charge in [0.25, 0.3) is 0 Å². The predicted molar refractivity (Wildman–Crippen MR) is 67.1 cm³/mol. The zero-order chi connectivity index (χ0) is 12.3. The fourth-order valence-corrected chi connectivity index (χ4v) is 1.80. The van der Waals surface area contributed by atoms with Crippen molar-refractivity contribution in [2.75, 3.05) is 0 Å². The highest BCUT2D eigenvalue weighted by atomic mass is 16.1. The molecule has 0 aliphatic heterocycles. The van der Waals surface area contributed by atoms with E-state index in [1.807, 2.05) is 43.3 Å². The summed E-state index contributed by atoms with van der Waals surface area (Å²) in [4.78, 5) is 10.8. The quantitative estimate of drug-likeness (QED) is 0.593. The van der Waals surface area contributed by atoms with E-state index in [0.29, 0.717) is 5.56 Å². The molecule has 0 aliphatic rings. The van der Waals surface area contributed by atoms with Crippen LogP contribution < -0.4 is 0 Å². The van der Waals surface area contributed by atoms with E-state index >= 15 is 0 Å². The number of aryl methyl sites for hydroxylation is 1. The minimum atomic E-state index is -0.0383. The molecule has 0 unspecified atom stereocenters. The highest BCUT2D eigenvalue weighted by molar-refractivity contribution is 5.75. The summed E-state index contributed by atoms with van der Waals surface area (Å²) in [7, 11) is 0. The third-order valence-corrected chi connectivity index (χ3v) is 2.73. The summed E-state index contributed by atoms with van der Waals surface area (Å²) in [6, 6.07) is 9.91. The summed E-state index contributed by atoms with van der Waals surface area (Å²) in [6.45, 7) is 5.65. The monoisotopic (exact) mass is 226 g/mol. The van der Waals surface area contributed by atoms with Crippen LogP contribution in [0.25, 0.3) is 0 Å². The van der Waals surface area contributed by atoms with E-state index in [1.54, 1.807) is 10.9 Å². The second kappa shape index (κ2) is 4.78. The Morgan fingerprint density at radius 1 is 1.35 bits per heavy atom. The van der Waals surface area contributed by atoms with Crippen molar-refractivity contribution < 1.29 is 4.79 Å². The molecule has 0 radical (unpaired) electrons. The summed E-state index contributed by atoms with van der Waals surface area (Å²) in [6.07, 6.45) is 4.39. The molecule has 1 heterocycles. The Hall–Kier alpha value is -2.16. The van der Waals surface area contributed by atoms with Crippen molar-refractivity contribution in [2.45, 2.75) is 13.0 Å². The number of aldehydes is 1. The Kier molecular flexibility index (Phi) is 3.19. The van der Waals surface area contributed by atoms with Crippen LogP contribution in [-0.2, 0) is 0 Å². The van der Waals surface area contributed by atoms with Crippen LogP contribution in [0.15, 0.2) is 49.2 Å². The van der Waals surface area contributed by atoms with Crippen molar-refractivity contribution in [3.05, 3.63) is 66.0 Å². The summed E-state index contributed by atoms with van der Waals surface area (Å²) in [5.74, 6) is 0. The first-order valence-corrected chi connectivity index (χ1v) is 5.44. The molecule has 0 N–H and O–H groups in total. The van der Waals surface area contributed by atoms with E-state index in [2.05, 4.69) is 11.7 Å². The zero-order valence-electron chi connectivity index (χ0n) is 9.71. The number of aromatic nitrogens is 2. The van der Waals surface area contributed by atoms with E-state index in [-0.39, 0.29) is 6.04 Å². The Morgan fingerprint density at radius 2 is 2.06 bits per heavy atom. The minimum absolute atomic E-state index is 0.0383. The maximum Gasteiger partial charge on any atom is 0.153 e. The van der Waals surface area contributed by atoms with Gasteiger partial charge in [-0.1, -0.05) is 36.4 Å². The van der Waals surface area contributed by atoms with Gasteiger partial charge < -0.3 is 0 Å². The van der Waals surface area contributed by atoms with E-state index < -0.39 is 0 Å². The van der Waals surface area contributed by atoms with E-state index in [0.717, 1.165) is 17.5 Å². The molecule has 0 saturated heterocycles. The van der Waals surface area contributed by atoms with Gasteiger partial charge >= 0.3 is 0 Å². The molecule has 1 atom stereocenters. The number of nitrogens with zero attached hydrogens (tertiary/aromatic N) is 2. The lowest BCUT2D eigenvalue weighted by Crippen LogP contribution is -2.08. The van der Waals surface area contributed by atoms with Crippen molar-refractivity contribution in [1.29, 1.82) is 0 Å². The molecule has 0 saturated carbocycles. The fourth-order valence-electron chi connectivity index (χ4n) is 1.80. The lowest BCUT2D eigenvalue weighted by Gasteiger charge is -2.13. The van der Waals surface area contributed by atoms with Gasteiger partial charge in [0, 0.05) is 6.20 Å². The molecule has 86 valence electrons. The highest BCUT2D eigenvalue weighted by Crippen LogP contribution is 2.19. The van der Waals surface area contributed by atoms with Crippen LogP contribution >= 0.6 is 0 Å². The number of hydrogen-bond donors (Lipinski definition) is 0. The second-order valence-corrected chi connectivity index (χ2v) is 3.86. The van der Waals surface area contributed by atoms with Crippen LogP contribution in [0.4, 0.5) is 0 Å². The zero-order valence-corrected chi connectivity index (χ0v) is 9.71. The summed E-state index contributed by atoms with van der Waals surface area (Å²) in [5.41, 5.74) is 2.46. The van der Waals surface area contributed by atoms with Crippen LogP contribution in [0.3, 0.4) is 0 Å². The summed E-state index contributed by atoms with van der Waals surface area (Å²) >= 11 is 0. The van der Waals surface area contributed by atoms with Crippen LogP contribution in [-0.4, -0.2) is 16.1 Å². The molecule has 0 spiro atoms. The van der Waals surface area contributed by atoms with Crippen molar-refractivity contribution >= 4 is 6.29 Å². The van der Waals surface area contributed by atoms with Crippen LogP contribution in [0.2, 0.25) is 0 Å². The number of carbonyl (C=O) groups is 1. The lowest BCUT2D eigenvalue weighted by atomic mass is 10.1. The molecule has 0 bridgehead atoms. The molecule has 2 aromatic rings. The predicted octanol–water partition coefficient (Wildman–Crippen LogP) is 2.78. The molecule has 0 aliphatic carbocycles. The molecule has 3 nitrogen and oxygen atoms in total. The van der Waals surface area contributed by atoms with Crippen molar-refractivity contribution in [2.24, 2.45) is 0 Å². The van der Waals surface area contributed by atoms with Gasteiger partial charge in [-0.2, -0.15) is 5.10 Å². The molecular formula is C14H14N2O. The third-order valence-electron chi connectivity index (χ3n) is 2.73. The third kappa shape index (κ3) is 2.18. The maximum atomic E-state index is 10.8. The maximum absolute atomic E-state index is 10.8. The number of rotatable bonds is 4. The average molecular weight is 226 g/mol. The van der Waals surface area contributed by atoms with Gasteiger partial charge in [0.15, 0.2) is 6.29 Å². The first-order chi connectivity index (χ1) is 8.26. The molecule has 3 heteroatoms. The summed E-state index contributed by atoms with van der Waals surface area (Å²) < 4.78 is 1.77. The van der Waals surface area contributed by atoms with Crippen molar-refractivity contribution in [1.82, 2.24) is 9.78 Å². The van der Waals surface area contributed by atoms with Crippen molar-refractivity contribution in [3.63, 3.8) is 0 Å². The highest BCUT2D eigenvalue weighted by Gasteiger charge is 2.12. The number of allylic oxidation sites excluding steroid dienone is 1. The largest absolute Gasteiger partial charge is 0.298 e. The minimum Gasteiger partial charge on any atom is -0.298 e. The van der Waals surface area contributed by atoms with E-state index in [1.165, 1.54) is 0 Å². The molecule has 17 heavy (non-hydrogen) atoms. The van der Waals surface area contributed by atoms with E-state index in [9.17, 15) is 4.79 Å². The molecule has 0 fully saturated rings. The Bertz CT molecular complexity index is 528. The molecule has 0 amide bonds. The lowest BCUT2D eigenvalue weighted by molar-refractivity contribution is 0.112. The van der Waals surface area contributed by atoms with Crippen molar-refractivity contribution in [3.8, 4) is 0 Å². The van der Waals surface area contributed by atoms with E-state index in [4.69, 9.17) is 0 Å². The Morgan fingerprint density at radius 3 is 2.59 bits per heavy atom.